The highest BCUT2D eigenvalue weighted by atomic mass is 16.5. The highest BCUT2D eigenvalue weighted by Crippen LogP contribution is 2.33. The van der Waals surface area contributed by atoms with Crippen LogP contribution in [0.15, 0.2) is 57.9 Å². The van der Waals surface area contributed by atoms with E-state index >= 15 is 0 Å². The number of amides is 1. The normalized spacial score (nSPS) is 13.3. The number of ether oxygens (including phenoxy) is 4. The summed E-state index contributed by atoms with van der Waals surface area (Å²) in [6, 6.07) is 12.3. The maximum Gasteiger partial charge on any atom is 0.335 e. The maximum atomic E-state index is 13.5. The van der Waals surface area contributed by atoms with E-state index in [0.717, 1.165) is 50.4 Å². The number of carbonyl (C=O) groups excluding carboxylic acids is 1. The van der Waals surface area contributed by atoms with Crippen molar-refractivity contribution in [1.29, 1.82) is 0 Å². The molecule has 4 rings (SSSR count). The average Bonchev–Trinajstić information content (AvgIpc) is 3.15. The maximum absolute atomic E-state index is 13.5. The lowest BCUT2D eigenvalue weighted by Gasteiger charge is -2.26. The van der Waals surface area contributed by atoms with E-state index in [1.165, 1.54) is 29.5 Å². The molecule has 0 saturated carbocycles. The van der Waals surface area contributed by atoms with Gasteiger partial charge in [-0.1, -0.05) is 0 Å². The molecule has 0 saturated heterocycles. The summed E-state index contributed by atoms with van der Waals surface area (Å²) < 4.78 is 26.7. The van der Waals surface area contributed by atoms with Crippen molar-refractivity contribution in [3.05, 3.63) is 75.8 Å². The number of carbonyl (C=O) groups is 1. The molecule has 1 aliphatic heterocycles. The Labute approximate surface area is 222 Å². The van der Waals surface area contributed by atoms with Crippen LogP contribution in [0.1, 0.15) is 27.9 Å². The fraction of sp³-hybridized carbons (Fsp3) is 0.379. The number of benzene rings is 2. The van der Waals surface area contributed by atoms with Gasteiger partial charge in [-0.25, -0.2) is 4.79 Å². The van der Waals surface area contributed by atoms with E-state index in [2.05, 4.69) is 17.0 Å². The molecule has 1 aliphatic rings. The minimum Gasteiger partial charge on any atom is -0.493 e. The van der Waals surface area contributed by atoms with Crippen LogP contribution >= 0.6 is 0 Å². The van der Waals surface area contributed by atoms with Gasteiger partial charge in [0.25, 0.3) is 5.91 Å². The number of nitrogens with zero attached hydrogens (tertiary/aromatic N) is 2. The summed E-state index contributed by atoms with van der Waals surface area (Å²) in [5.74, 6) is 2.34. The van der Waals surface area contributed by atoms with Gasteiger partial charge in [-0.05, 0) is 67.3 Å². The van der Waals surface area contributed by atoms with E-state index in [1.807, 2.05) is 6.07 Å². The van der Waals surface area contributed by atoms with Crippen LogP contribution in [0.3, 0.4) is 0 Å². The average molecular weight is 523 g/mol. The number of fused-ring (bicyclic) bond motifs is 1. The Morgan fingerprint density at radius 1 is 0.842 bits per heavy atom. The van der Waals surface area contributed by atoms with Crippen LogP contribution in [-0.4, -0.2) is 65.4 Å². The van der Waals surface area contributed by atoms with Gasteiger partial charge in [-0.15, -0.1) is 0 Å². The molecule has 0 radical (unpaired) electrons. The van der Waals surface area contributed by atoms with E-state index in [1.54, 1.807) is 45.5 Å². The molecule has 38 heavy (non-hydrogen) atoms. The van der Waals surface area contributed by atoms with Crippen LogP contribution in [0.4, 0.5) is 5.69 Å². The first-order chi connectivity index (χ1) is 18.5. The summed E-state index contributed by atoms with van der Waals surface area (Å²) in [4.78, 5) is 29.0. The molecule has 2 heterocycles. The Morgan fingerprint density at radius 2 is 1.45 bits per heavy atom. The van der Waals surface area contributed by atoms with Crippen LogP contribution < -0.4 is 29.5 Å². The second-order valence-corrected chi connectivity index (χ2v) is 9.01. The van der Waals surface area contributed by atoms with Gasteiger partial charge >= 0.3 is 5.63 Å². The molecule has 0 spiro atoms. The first kappa shape index (κ1) is 27.1. The molecule has 0 fully saturated rings. The molecule has 0 atom stereocenters. The number of anilines is 1. The van der Waals surface area contributed by atoms with Gasteiger partial charge in [-0.2, -0.15) is 0 Å². The molecule has 1 amide bonds. The molecular formula is C29H34N2O7. The molecule has 202 valence electrons. The molecule has 0 bridgehead atoms. The van der Waals surface area contributed by atoms with Crippen molar-refractivity contribution in [2.75, 3.05) is 59.5 Å². The number of methoxy groups -OCH3 is 4. The van der Waals surface area contributed by atoms with Crippen molar-refractivity contribution >= 4 is 11.6 Å². The van der Waals surface area contributed by atoms with Gasteiger partial charge in [0, 0.05) is 37.5 Å². The van der Waals surface area contributed by atoms with Crippen LogP contribution in [-0.2, 0) is 12.8 Å². The third-order valence-electron chi connectivity index (χ3n) is 6.83. The third kappa shape index (κ3) is 6.11. The second-order valence-electron chi connectivity index (χ2n) is 9.01. The molecule has 9 heteroatoms. The smallest absolute Gasteiger partial charge is 0.335 e. The highest BCUT2D eigenvalue weighted by Gasteiger charge is 2.22. The van der Waals surface area contributed by atoms with Crippen molar-refractivity contribution < 1.29 is 28.2 Å². The van der Waals surface area contributed by atoms with Gasteiger partial charge in [0.05, 0.1) is 34.0 Å². The second kappa shape index (κ2) is 12.5. The van der Waals surface area contributed by atoms with Crippen molar-refractivity contribution in [2.24, 2.45) is 0 Å². The summed E-state index contributed by atoms with van der Waals surface area (Å²) in [5, 5.41) is 0. The minimum absolute atomic E-state index is 0.261. The standard InChI is InChI=1S/C29H34N2O7/c1-34-24-8-7-23(18-27(24)37-4)31(29(33)22-6-9-28(32)38-19-22)13-5-12-30-14-10-20-16-25(35-2)26(36-3)17-21(20)11-15-30/h6-9,16-19H,5,10-15H2,1-4H3. The third-order valence-corrected chi connectivity index (χ3v) is 6.83. The summed E-state index contributed by atoms with van der Waals surface area (Å²) in [7, 11) is 6.43. The summed E-state index contributed by atoms with van der Waals surface area (Å²) in [6.07, 6.45) is 3.78. The predicted octanol–water partition coefficient (Wildman–Crippen LogP) is 3.81. The Bertz CT molecular complexity index is 1270. The molecule has 2 aromatic carbocycles. The predicted molar refractivity (Wildman–Crippen MR) is 144 cm³/mol. The molecule has 0 aliphatic carbocycles. The van der Waals surface area contributed by atoms with Crippen LogP contribution in [0.5, 0.6) is 23.0 Å². The van der Waals surface area contributed by atoms with Crippen molar-refractivity contribution in [1.82, 2.24) is 4.90 Å². The van der Waals surface area contributed by atoms with Crippen molar-refractivity contribution in [3.8, 4) is 23.0 Å². The number of hydrogen-bond donors (Lipinski definition) is 0. The summed E-state index contributed by atoms with van der Waals surface area (Å²) >= 11 is 0. The topological polar surface area (TPSA) is 90.7 Å². The quantitative estimate of drug-likeness (QED) is 0.397. The Balaban J connectivity index is 1.48. The van der Waals surface area contributed by atoms with E-state index in [0.29, 0.717) is 29.3 Å². The zero-order valence-corrected chi connectivity index (χ0v) is 22.3. The van der Waals surface area contributed by atoms with Crippen molar-refractivity contribution in [2.45, 2.75) is 19.3 Å². The van der Waals surface area contributed by atoms with E-state index in [9.17, 15) is 9.59 Å². The molecule has 1 aromatic heterocycles. The summed E-state index contributed by atoms with van der Waals surface area (Å²) in [5.41, 5.74) is 3.01. The molecule has 3 aromatic rings. The Morgan fingerprint density at radius 3 is 2.00 bits per heavy atom. The molecule has 9 nitrogen and oxygen atoms in total. The fourth-order valence-corrected chi connectivity index (χ4v) is 4.75. The molecule has 0 unspecified atom stereocenters. The van der Waals surface area contributed by atoms with Gasteiger partial charge in [0.15, 0.2) is 23.0 Å². The lowest BCUT2D eigenvalue weighted by atomic mass is 10.0. The SMILES string of the molecule is COc1ccc(N(CCCN2CCc3cc(OC)c(OC)cc3CC2)C(=O)c2ccc(=O)oc2)cc1OC. The van der Waals surface area contributed by atoms with Gasteiger partial charge in [0.2, 0.25) is 0 Å². The van der Waals surface area contributed by atoms with E-state index in [-0.39, 0.29) is 5.91 Å². The van der Waals surface area contributed by atoms with Gasteiger partial charge in [0.1, 0.15) is 6.26 Å². The fourth-order valence-electron chi connectivity index (χ4n) is 4.75. The molecular weight excluding hydrogens is 488 g/mol. The van der Waals surface area contributed by atoms with Crippen LogP contribution in [0.25, 0.3) is 0 Å². The minimum atomic E-state index is -0.503. The van der Waals surface area contributed by atoms with Gasteiger partial charge < -0.3 is 33.2 Å². The highest BCUT2D eigenvalue weighted by molar-refractivity contribution is 6.05. The summed E-state index contributed by atoms with van der Waals surface area (Å²) in [6.45, 7) is 3.12. The van der Waals surface area contributed by atoms with E-state index in [4.69, 9.17) is 23.4 Å². The Kier molecular flexibility index (Phi) is 8.91. The van der Waals surface area contributed by atoms with E-state index < -0.39 is 5.63 Å². The van der Waals surface area contributed by atoms with Crippen molar-refractivity contribution in [3.63, 3.8) is 0 Å². The lowest BCUT2D eigenvalue weighted by Crippen LogP contribution is -2.35. The Hall–Kier alpha value is -3.98. The largest absolute Gasteiger partial charge is 0.493 e. The lowest BCUT2D eigenvalue weighted by molar-refractivity contribution is 0.0983. The molecule has 0 N–H and O–H groups in total. The number of rotatable bonds is 10. The monoisotopic (exact) mass is 522 g/mol. The van der Waals surface area contributed by atoms with Crippen LogP contribution in [0.2, 0.25) is 0 Å². The van der Waals surface area contributed by atoms with Gasteiger partial charge in [-0.3, -0.25) is 4.79 Å². The zero-order valence-electron chi connectivity index (χ0n) is 22.3. The zero-order chi connectivity index (χ0) is 27.1. The first-order valence-electron chi connectivity index (χ1n) is 12.6. The first-order valence-corrected chi connectivity index (χ1v) is 12.6. The van der Waals surface area contributed by atoms with Crippen LogP contribution in [0, 0.1) is 0 Å². The number of hydrogen-bond acceptors (Lipinski definition) is 8.